The normalized spacial score (nSPS) is 16.4. The van der Waals surface area contributed by atoms with Gasteiger partial charge in [-0.3, -0.25) is 4.99 Å². The first kappa shape index (κ1) is 21.8. The molecule has 0 unspecified atom stereocenters. The van der Waals surface area contributed by atoms with Crippen LogP contribution in [0.2, 0.25) is 0 Å². The number of aliphatic imine (C=N–C) groups is 1. The zero-order valence-electron chi connectivity index (χ0n) is 15.6. The van der Waals surface area contributed by atoms with Crippen molar-refractivity contribution in [2.24, 2.45) is 4.99 Å². The Morgan fingerprint density at radius 1 is 1.36 bits per heavy atom. The average Bonchev–Trinajstić information content (AvgIpc) is 2.60. The molecule has 0 aliphatic carbocycles. The lowest BCUT2D eigenvalue weighted by Gasteiger charge is -2.35. The van der Waals surface area contributed by atoms with E-state index >= 15 is 0 Å². The van der Waals surface area contributed by atoms with E-state index in [1.807, 2.05) is 6.07 Å². The lowest BCUT2D eigenvalue weighted by Crippen LogP contribution is -2.49. The van der Waals surface area contributed by atoms with Crippen molar-refractivity contribution in [1.82, 2.24) is 15.5 Å². The Balaban J connectivity index is 0.00000312. The van der Waals surface area contributed by atoms with E-state index in [1.54, 1.807) is 26.3 Å². The fraction of sp³-hybridized carbons (Fsp3) is 0.611. The van der Waals surface area contributed by atoms with Gasteiger partial charge in [0.05, 0.1) is 7.11 Å². The fourth-order valence-corrected chi connectivity index (χ4v) is 2.96. The zero-order chi connectivity index (χ0) is 17.5. The first-order valence-electron chi connectivity index (χ1n) is 8.60. The molecular formula is C18H31IN4O2. The van der Waals surface area contributed by atoms with Crippen LogP contribution in [0.1, 0.15) is 32.3 Å². The molecule has 0 aromatic heterocycles. The maximum Gasteiger partial charge on any atom is 0.191 e. The topological polar surface area (TPSA) is 69.1 Å². The van der Waals surface area contributed by atoms with E-state index < -0.39 is 0 Å². The molecule has 25 heavy (non-hydrogen) atoms. The molecule has 1 aliphatic rings. The van der Waals surface area contributed by atoms with E-state index in [9.17, 15) is 5.11 Å². The number of halogens is 1. The smallest absolute Gasteiger partial charge is 0.191 e. The molecule has 0 spiro atoms. The highest BCUT2D eigenvalue weighted by Crippen LogP contribution is 2.22. The Morgan fingerprint density at radius 3 is 2.60 bits per heavy atom. The molecule has 1 aromatic rings. The van der Waals surface area contributed by atoms with Crippen molar-refractivity contribution in [1.29, 1.82) is 0 Å². The molecule has 1 saturated heterocycles. The van der Waals surface area contributed by atoms with Crippen LogP contribution in [0.3, 0.4) is 0 Å². The average molecular weight is 462 g/mol. The summed E-state index contributed by atoms with van der Waals surface area (Å²) >= 11 is 0. The Kier molecular flexibility index (Phi) is 9.34. The molecule has 2 rings (SSSR count). The van der Waals surface area contributed by atoms with Crippen LogP contribution in [0, 0.1) is 0 Å². The van der Waals surface area contributed by atoms with Crippen molar-refractivity contribution < 1.29 is 9.84 Å². The quantitative estimate of drug-likeness (QED) is 0.357. The largest absolute Gasteiger partial charge is 0.508 e. The predicted octanol–water partition coefficient (Wildman–Crippen LogP) is 2.56. The Bertz CT molecular complexity index is 558. The molecule has 142 valence electrons. The molecule has 1 aliphatic heterocycles. The van der Waals surface area contributed by atoms with Crippen LogP contribution in [0.25, 0.3) is 0 Å². The van der Waals surface area contributed by atoms with Gasteiger partial charge in [0, 0.05) is 44.3 Å². The molecule has 0 saturated carbocycles. The summed E-state index contributed by atoms with van der Waals surface area (Å²) in [6, 6.07) is 6.27. The van der Waals surface area contributed by atoms with Crippen molar-refractivity contribution in [3.05, 3.63) is 23.8 Å². The number of nitrogens with zero attached hydrogens (tertiary/aromatic N) is 2. The highest BCUT2D eigenvalue weighted by atomic mass is 127. The molecule has 0 atom stereocenters. The molecule has 3 N–H and O–H groups in total. The summed E-state index contributed by atoms with van der Waals surface area (Å²) in [5.41, 5.74) is 0.784. The lowest BCUT2D eigenvalue weighted by atomic mass is 10.0. The molecule has 0 amide bonds. The van der Waals surface area contributed by atoms with E-state index in [2.05, 4.69) is 34.4 Å². The van der Waals surface area contributed by atoms with Crippen LogP contribution in [0.4, 0.5) is 0 Å². The van der Waals surface area contributed by atoms with Crippen molar-refractivity contribution >= 4 is 29.9 Å². The number of phenolic OH excluding ortho intramolecular Hbond substituents is 1. The summed E-state index contributed by atoms with van der Waals surface area (Å²) < 4.78 is 5.20. The van der Waals surface area contributed by atoms with Crippen LogP contribution < -0.4 is 15.4 Å². The monoisotopic (exact) mass is 462 g/mol. The summed E-state index contributed by atoms with van der Waals surface area (Å²) in [5.74, 6) is 1.75. The second-order valence-electron chi connectivity index (χ2n) is 6.47. The number of aromatic hydroxyl groups is 1. The Morgan fingerprint density at radius 2 is 2.04 bits per heavy atom. The number of rotatable bonds is 5. The van der Waals surface area contributed by atoms with Gasteiger partial charge in [-0.25, -0.2) is 0 Å². The summed E-state index contributed by atoms with van der Waals surface area (Å²) in [5, 5.41) is 16.7. The van der Waals surface area contributed by atoms with Crippen molar-refractivity contribution in [2.75, 3.05) is 27.2 Å². The highest BCUT2D eigenvalue weighted by molar-refractivity contribution is 14.0. The van der Waals surface area contributed by atoms with Crippen molar-refractivity contribution in [3.8, 4) is 11.5 Å². The number of nitrogens with one attached hydrogen (secondary N) is 2. The van der Waals surface area contributed by atoms with Gasteiger partial charge in [0.1, 0.15) is 11.5 Å². The standard InChI is InChI=1S/C18H30N4O2.HI/c1-13(2)22-9-7-15(8-10-22)21-18(19-3)20-12-14-11-16(24-4)5-6-17(14)23;/h5-6,11,13,15,23H,7-10,12H2,1-4H3,(H2,19,20,21);1H. The van der Waals surface area contributed by atoms with Gasteiger partial charge >= 0.3 is 0 Å². The van der Waals surface area contributed by atoms with Crippen LogP contribution in [-0.4, -0.2) is 55.3 Å². The van der Waals surface area contributed by atoms with Gasteiger partial charge in [0.15, 0.2) is 5.96 Å². The van der Waals surface area contributed by atoms with Gasteiger partial charge in [-0.2, -0.15) is 0 Å². The SMILES string of the molecule is CN=C(NCc1cc(OC)ccc1O)NC1CCN(C(C)C)CC1.I. The van der Waals surface area contributed by atoms with Crippen molar-refractivity contribution in [2.45, 2.75) is 45.3 Å². The lowest BCUT2D eigenvalue weighted by molar-refractivity contribution is 0.167. The van der Waals surface area contributed by atoms with Crippen LogP contribution in [-0.2, 0) is 6.54 Å². The summed E-state index contributed by atoms with van der Waals surface area (Å²) in [4.78, 5) is 6.79. The van der Waals surface area contributed by atoms with E-state index in [0.29, 0.717) is 18.6 Å². The summed E-state index contributed by atoms with van der Waals surface area (Å²) in [6.45, 7) is 7.21. The summed E-state index contributed by atoms with van der Waals surface area (Å²) in [6.07, 6.45) is 2.23. The maximum absolute atomic E-state index is 9.96. The molecule has 0 bridgehead atoms. The van der Waals surface area contributed by atoms with E-state index in [4.69, 9.17) is 4.74 Å². The molecular weight excluding hydrogens is 431 g/mol. The van der Waals surface area contributed by atoms with Gasteiger partial charge in [-0.05, 0) is 44.9 Å². The number of hydrogen-bond donors (Lipinski definition) is 3. The van der Waals surface area contributed by atoms with Gasteiger partial charge in [-0.15, -0.1) is 24.0 Å². The first-order chi connectivity index (χ1) is 11.5. The molecule has 1 fully saturated rings. The van der Waals surface area contributed by atoms with E-state index in [0.717, 1.165) is 43.2 Å². The van der Waals surface area contributed by atoms with Gasteiger partial charge in [0.2, 0.25) is 0 Å². The van der Waals surface area contributed by atoms with E-state index in [1.165, 1.54) is 0 Å². The second-order valence-corrected chi connectivity index (χ2v) is 6.47. The number of likely N-dealkylation sites (tertiary alicyclic amines) is 1. The van der Waals surface area contributed by atoms with Crippen LogP contribution >= 0.6 is 24.0 Å². The van der Waals surface area contributed by atoms with E-state index in [-0.39, 0.29) is 29.7 Å². The third kappa shape index (κ3) is 6.54. The minimum absolute atomic E-state index is 0. The van der Waals surface area contributed by atoms with Gasteiger partial charge < -0.3 is 25.4 Å². The van der Waals surface area contributed by atoms with Crippen LogP contribution in [0.5, 0.6) is 11.5 Å². The number of ether oxygens (including phenoxy) is 1. The van der Waals surface area contributed by atoms with Crippen molar-refractivity contribution in [3.63, 3.8) is 0 Å². The first-order valence-corrected chi connectivity index (χ1v) is 8.60. The maximum atomic E-state index is 9.96. The number of phenols is 1. The number of methoxy groups -OCH3 is 1. The Labute approximate surface area is 168 Å². The van der Waals surface area contributed by atoms with Crippen LogP contribution in [0.15, 0.2) is 23.2 Å². The molecule has 1 aromatic carbocycles. The highest BCUT2D eigenvalue weighted by Gasteiger charge is 2.21. The summed E-state index contributed by atoms with van der Waals surface area (Å²) in [7, 11) is 3.39. The number of hydrogen-bond acceptors (Lipinski definition) is 4. The van der Waals surface area contributed by atoms with Gasteiger partial charge in [-0.1, -0.05) is 0 Å². The number of benzene rings is 1. The fourth-order valence-electron chi connectivity index (χ4n) is 2.96. The third-order valence-corrected chi connectivity index (χ3v) is 4.56. The number of piperidine rings is 1. The third-order valence-electron chi connectivity index (χ3n) is 4.56. The molecule has 6 nitrogen and oxygen atoms in total. The minimum Gasteiger partial charge on any atom is -0.508 e. The Hall–Kier alpha value is -1.22. The zero-order valence-corrected chi connectivity index (χ0v) is 17.9. The van der Waals surface area contributed by atoms with Gasteiger partial charge in [0.25, 0.3) is 0 Å². The number of guanidine groups is 1. The minimum atomic E-state index is 0. The predicted molar refractivity (Wildman–Crippen MR) is 113 cm³/mol. The molecule has 0 radical (unpaired) electrons. The molecule has 1 heterocycles. The second kappa shape index (κ2) is 10.7. The molecule has 7 heteroatoms.